The molecule has 0 aliphatic carbocycles. The first-order chi connectivity index (χ1) is 6.11. The number of hydrogen-bond donors (Lipinski definition) is 2. The minimum Gasteiger partial charge on any atom is -0.477 e. The van der Waals surface area contributed by atoms with Gasteiger partial charge >= 0.3 is 5.97 Å². The molecular formula is C8H7NO3S. The van der Waals surface area contributed by atoms with Gasteiger partial charge in [-0.25, -0.2) is 4.79 Å². The van der Waals surface area contributed by atoms with Crippen LogP contribution in [0.25, 0.3) is 0 Å². The molecule has 0 atom stereocenters. The van der Waals surface area contributed by atoms with Crippen molar-refractivity contribution in [2.45, 2.75) is 0 Å². The number of thiophene rings is 1. The summed E-state index contributed by atoms with van der Waals surface area (Å²) < 4.78 is 0. The summed E-state index contributed by atoms with van der Waals surface area (Å²) in [7, 11) is 0. The van der Waals surface area contributed by atoms with E-state index >= 15 is 0 Å². The summed E-state index contributed by atoms with van der Waals surface area (Å²) in [4.78, 5) is 21.9. The van der Waals surface area contributed by atoms with E-state index in [-0.39, 0.29) is 5.70 Å². The third-order valence-corrected chi connectivity index (χ3v) is 2.14. The Hall–Kier alpha value is -1.62. The van der Waals surface area contributed by atoms with Crippen molar-refractivity contribution in [3.8, 4) is 0 Å². The van der Waals surface area contributed by atoms with Crippen molar-refractivity contribution in [3.05, 3.63) is 34.7 Å². The van der Waals surface area contributed by atoms with Crippen LogP contribution in [0.5, 0.6) is 0 Å². The number of carboxylic acids is 1. The maximum Gasteiger partial charge on any atom is 0.351 e. The lowest BCUT2D eigenvalue weighted by molar-refractivity contribution is -0.132. The van der Waals surface area contributed by atoms with Crippen LogP contribution >= 0.6 is 11.3 Å². The first-order valence-corrected chi connectivity index (χ1v) is 4.26. The number of carboxylic acid groups (broad SMARTS) is 1. The number of carbonyl (C=O) groups excluding carboxylic acids is 1. The Morgan fingerprint density at radius 1 is 1.54 bits per heavy atom. The van der Waals surface area contributed by atoms with Gasteiger partial charge in [0.2, 0.25) is 0 Å². The zero-order chi connectivity index (χ0) is 9.84. The molecule has 1 amide bonds. The fourth-order valence-corrected chi connectivity index (χ4v) is 1.28. The summed E-state index contributed by atoms with van der Waals surface area (Å²) in [6, 6.07) is 3.32. The molecule has 1 aromatic heterocycles. The van der Waals surface area contributed by atoms with E-state index in [1.54, 1.807) is 17.5 Å². The molecule has 0 aromatic carbocycles. The van der Waals surface area contributed by atoms with Crippen molar-refractivity contribution < 1.29 is 14.7 Å². The lowest BCUT2D eigenvalue weighted by atomic mass is 10.4. The molecule has 1 heterocycles. The fraction of sp³-hybridized carbons (Fsp3) is 0. The zero-order valence-electron chi connectivity index (χ0n) is 6.61. The minimum absolute atomic E-state index is 0.321. The fourth-order valence-electron chi connectivity index (χ4n) is 0.660. The average Bonchev–Trinajstić information content (AvgIpc) is 2.55. The molecule has 0 radical (unpaired) electrons. The Balaban J connectivity index is 2.62. The SMILES string of the molecule is C=C(NC(=O)c1cccs1)C(=O)O. The monoisotopic (exact) mass is 197 g/mol. The molecule has 4 nitrogen and oxygen atoms in total. The van der Waals surface area contributed by atoms with Crippen molar-refractivity contribution in [3.63, 3.8) is 0 Å². The summed E-state index contributed by atoms with van der Waals surface area (Å²) in [6.07, 6.45) is 0. The summed E-state index contributed by atoms with van der Waals surface area (Å²) in [6.45, 7) is 3.18. The molecule has 0 unspecified atom stereocenters. The van der Waals surface area contributed by atoms with Gasteiger partial charge in [0, 0.05) is 0 Å². The predicted octanol–water partition coefficient (Wildman–Crippen LogP) is 1.08. The van der Waals surface area contributed by atoms with Crippen molar-refractivity contribution in [2.75, 3.05) is 0 Å². The lowest BCUT2D eigenvalue weighted by Crippen LogP contribution is -2.25. The van der Waals surface area contributed by atoms with Crippen LogP contribution in [-0.2, 0) is 4.79 Å². The Morgan fingerprint density at radius 2 is 2.23 bits per heavy atom. The molecule has 0 aliphatic heterocycles. The Morgan fingerprint density at radius 3 is 2.69 bits per heavy atom. The molecule has 0 spiro atoms. The van der Waals surface area contributed by atoms with E-state index in [0.29, 0.717) is 4.88 Å². The summed E-state index contributed by atoms with van der Waals surface area (Å²) >= 11 is 1.24. The number of carbonyl (C=O) groups is 2. The standard InChI is InChI=1S/C8H7NO3S/c1-5(8(11)12)9-7(10)6-3-2-4-13-6/h2-4H,1H2,(H,9,10)(H,11,12). The van der Waals surface area contributed by atoms with Crippen molar-refractivity contribution >= 4 is 23.2 Å². The minimum atomic E-state index is -1.23. The lowest BCUT2D eigenvalue weighted by Gasteiger charge is -2.00. The highest BCUT2D eigenvalue weighted by Crippen LogP contribution is 2.08. The maximum atomic E-state index is 11.2. The quantitative estimate of drug-likeness (QED) is 0.712. The van der Waals surface area contributed by atoms with Crippen LogP contribution < -0.4 is 5.32 Å². The van der Waals surface area contributed by atoms with Gasteiger partial charge in [-0.05, 0) is 11.4 Å². The van der Waals surface area contributed by atoms with Gasteiger partial charge in [0.05, 0.1) is 4.88 Å². The zero-order valence-corrected chi connectivity index (χ0v) is 7.43. The first kappa shape index (κ1) is 9.47. The van der Waals surface area contributed by atoms with Gasteiger partial charge in [-0.1, -0.05) is 12.6 Å². The van der Waals surface area contributed by atoms with Gasteiger partial charge in [0.25, 0.3) is 5.91 Å². The molecular weight excluding hydrogens is 190 g/mol. The van der Waals surface area contributed by atoms with Crippen LogP contribution in [0.1, 0.15) is 9.67 Å². The van der Waals surface area contributed by atoms with Crippen LogP contribution in [0.3, 0.4) is 0 Å². The molecule has 68 valence electrons. The Bertz CT molecular complexity index is 342. The largest absolute Gasteiger partial charge is 0.477 e. The van der Waals surface area contributed by atoms with E-state index in [4.69, 9.17) is 5.11 Å². The van der Waals surface area contributed by atoms with Crippen LogP contribution in [-0.4, -0.2) is 17.0 Å². The van der Waals surface area contributed by atoms with Crippen molar-refractivity contribution in [2.24, 2.45) is 0 Å². The van der Waals surface area contributed by atoms with Crippen LogP contribution in [0, 0.1) is 0 Å². The Labute approximate surface area is 78.5 Å². The summed E-state index contributed by atoms with van der Waals surface area (Å²) in [5.74, 6) is -1.67. The second-order valence-corrected chi connectivity index (χ2v) is 3.16. The second kappa shape index (κ2) is 3.86. The van der Waals surface area contributed by atoms with Crippen molar-refractivity contribution in [1.82, 2.24) is 5.32 Å². The maximum absolute atomic E-state index is 11.2. The topological polar surface area (TPSA) is 66.4 Å². The molecule has 0 aliphatic rings. The summed E-state index contributed by atoms with van der Waals surface area (Å²) in [5, 5.41) is 12.3. The van der Waals surface area contributed by atoms with Gasteiger partial charge in [-0.2, -0.15) is 0 Å². The van der Waals surface area contributed by atoms with Crippen LogP contribution in [0.4, 0.5) is 0 Å². The van der Waals surface area contributed by atoms with Crippen LogP contribution in [0.2, 0.25) is 0 Å². The van der Waals surface area contributed by atoms with Gasteiger partial charge < -0.3 is 10.4 Å². The van der Waals surface area contributed by atoms with E-state index in [0.717, 1.165) is 0 Å². The molecule has 0 fully saturated rings. The highest BCUT2D eigenvalue weighted by atomic mass is 32.1. The summed E-state index contributed by atoms with van der Waals surface area (Å²) in [5.41, 5.74) is -0.321. The van der Waals surface area contributed by atoms with Gasteiger partial charge in [0.1, 0.15) is 5.70 Å². The first-order valence-electron chi connectivity index (χ1n) is 3.38. The van der Waals surface area contributed by atoms with E-state index in [2.05, 4.69) is 11.9 Å². The number of hydrogen-bond acceptors (Lipinski definition) is 3. The van der Waals surface area contributed by atoms with Crippen LogP contribution in [0.15, 0.2) is 29.8 Å². The number of rotatable bonds is 3. The molecule has 1 rings (SSSR count). The van der Waals surface area contributed by atoms with E-state index in [1.165, 1.54) is 11.3 Å². The highest BCUT2D eigenvalue weighted by molar-refractivity contribution is 7.12. The molecule has 13 heavy (non-hydrogen) atoms. The number of nitrogens with one attached hydrogen (secondary N) is 1. The van der Waals surface area contributed by atoms with Crippen molar-refractivity contribution in [1.29, 1.82) is 0 Å². The third-order valence-electron chi connectivity index (χ3n) is 1.27. The smallest absolute Gasteiger partial charge is 0.351 e. The number of aliphatic carboxylic acids is 1. The normalized spacial score (nSPS) is 9.23. The molecule has 0 saturated carbocycles. The van der Waals surface area contributed by atoms with E-state index in [1.807, 2.05) is 0 Å². The molecule has 1 aromatic rings. The van der Waals surface area contributed by atoms with E-state index < -0.39 is 11.9 Å². The molecule has 5 heteroatoms. The molecule has 0 bridgehead atoms. The van der Waals surface area contributed by atoms with Gasteiger partial charge in [-0.3, -0.25) is 4.79 Å². The van der Waals surface area contributed by atoms with E-state index in [9.17, 15) is 9.59 Å². The van der Waals surface area contributed by atoms with Gasteiger partial charge in [-0.15, -0.1) is 11.3 Å². The molecule has 2 N–H and O–H groups in total. The predicted molar refractivity (Wildman–Crippen MR) is 48.6 cm³/mol. The van der Waals surface area contributed by atoms with Gasteiger partial charge in [0.15, 0.2) is 0 Å². The third kappa shape index (κ3) is 2.41. The molecule has 0 saturated heterocycles. The second-order valence-electron chi connectivity index (χ2n) is 2.22. The highest BCUT2D eigenvalue weighted by Gasteiger charge is 2.10. The Kier molecular flexibility index (Phi) is 2.81. The average molecular weight is 197 g/mol. The number of amides is 1.